The van der Waals surface area contributed by atoms with Crippen LogP contribution in [0.3, 0.4) is 0 Å². The first-order chi connectivity index (χ1) is 17.0. The molecule has 2 bridgehead atoms. The molecule has 0 unspecified atom stereocenters. The third-order valence-corrected chi connectivity index (χ3v) is 5.80. The Kier molecular flexibility index (Phi) is 8.11. The van der Waals surface area contributed by atoms with E-state index in [2.05, 4.69) is 25.3 Å². The molecule has 0 fully saturated rings. The van der Waals surface area contributed by atoms with Crippen LogP contribution in [-0.2, 0) is 9.53 Å². The Morgan fingerprint density at radius 1 is 1.26 bits per heavy atom. The molecule has 0 saturated carbocycles. The van der Waals surface area contributed by atoms with Crippen LogP contribution in [0.15, 0.2) is 35.6 Å². The number of carbonyl (C=O) groups excluding carboxylic acids is 1. The average Bonchev–Trinajstić information content (AvgIpc) is 3.18. The van der Waals surface area contributed by atoms with Gasteiger partial charge in [-0.3, -0.25) is 14.7 Å². The molecule has 0 radical (unpaired) electrons. The highest BCUT2D eigenvalue weighted by molar-refractivity contribution is 6.06. The van der Waals surface area contributed by atoms with Crippen LogP contribution in [0.25, 0.3) is 11.0 Å². The third kappa shape index (κ3) is 6.25. The highest BCUT2D eigenvalue weighted by Crippen LogP contribution is 2.30. The molecule has 11 nitrogen and oxygen atoms in total. The number of aliphatic imine (C=N–C) groups is 1. The van der Waals surface area contributed by atoms with E-state index in [0.29, 0.717) is 79.8 Å². The number of methoxy groups -OCH3 is 1. The number of hydrogen-bond acceptors (Lipinski definition) is 9. The Bertz CT molecular complexity index is 1180. The monoisotopic (exact) mass is 481 g/mol. The number of H-pyrrole nitrogens is 1. The minimum absolute atomic E-state index is 0.0351. The minimum Gasteiger partial charge on any atom is -0.494 e. The molecule has 4 rings (SSSR count). The molecule has 3 aromatic rings. The topological polar surface area (TPSA) is 128 Å². The molecule has 3 N–H and O–H groups in total. The van der Waals surface area contributed by atoms with Gasteiger partial charge in [-0.05, 0) is 18.6 Å². The molecular weight excluding hydrogens is 450 g/mol. The number of aromatic amines is 1. The number of ether oxygens (including phenoxy) is 2. The summed E-state index contributed by atoms with van der Waals surface area (Å²) in [7, 11) is 3.46. The summed E-state index contributed by atoms with van der Waals surface area (Å²) in [6.07, 6.45) is 3.75. The second-order valence-corrected chi connectivity index (χ2v) is 8.30. The van der Waals surface area contributed by atoms with Gasteiger partial charge in [0.2, 0.25) is 5.91 Å². The maximum absolute atomic E-state index is 12.8. The lowest BCUT2D eigenvalue weighted by Crippen LogP contribution is -2.42. The molecule has 0 aliphatic carbocycles. The van der Waals surface area contributed by atoms with E-state index in [1.54, 1.807) is 18.2 Å². The number of aromatic hydroxyl groups is 1. The van der Waals surface area contributed by atoms with Crippen LogP contribution < -0.4 is 10.1 Å². The summed E-state index contributed by atoms with van der Waals surface area (Å²) in [5.41, 5.74) is 1.68. The van der Waals surface area contributed by atoms with Gasteiger partial charge in [0, 0.05) is 52.6 Å². The van der Waals surface area contributed by atoms with Crippen molar-refractivity contribution in [3.05, 3.63) is 36.2 Å². The van der Waals surface area contributed by atoms with E-state index < -0.39 is 0 Å². The third-order valence-electron chi connectivity index (χ3n) is 5.80. The van der Waals surface area contributed by atoms with Crippen LogP contribution in [0, 0.1) is 0 Å². The van der Waals surface area contributed by atoms with E-state index >= 15 is 0 Å². The number of nitrogens with zero attached hydrogens (tertiary/aromatic N) is 5. The predicted octanol–water partition coefficient (Wildman–Crippen LogP) is 2.02. The Morgan fingerprint density at radius 3 is 3.00 bits per heavy atom. The number of hydrogen-bond donors (Lipinski definition) is 3. The first kappa shape index (κ1) is 24.4. The lowest BCUT2D eigenvalue weighted by atomic mass is 10.2. The van der Waals surface area contributed by atoms with Crippen molar-refractivity contribution in [3.8, 4) is 11.6 Å². The molecular formula is C24H31N7O4. The summed E-state index contributed by atoms with van der Waals surface area (Å²) in [5.74, 6) is 1.26. The molecule has 0 atom stereocenters. The highest BCUT2D eigenvalue weighted by Gasteiger charge is 2.17. The molecule has 35 heavy (non-hydrogen) atoms. The van der Waals surface area contributed by atoms with E-state index in [0.717, 1.165) is 6.42 Å². The van der Waals surface area contributed by atoms with Crippen molar-refractivity contribution in [2.24, 2.45) is 4.99 Å². The highest BCUT2D eigenvalue weighted by atomic mass is 16.5. The van der Waals surface area contributed by atoms with E-state index in [4.69, 9.17) is 9.47 Å². The van der Waals surface area contributed by atoms with Crippen LogP contribution in [0.2, 0.25) is 0 Å². The molecule has 0 saturated heterocycles. The van der Waals surface area contributed by atoms with Gasteiger partial charge in [-0.2, -0.15) is 0 Å². The van der Waals surface area contributed by atoms with Crippen LogP contribution in [0.1, 0.15) is 12.0 Å². The zero-order chi connectivity index (χ0) is 24.6. The van der Waals surface area contributed by atoms with Crippen molar-refractivity contribution in [1.82, 2.24) is 24.8 Å². The fourth-order valence-corrected chi connectivity index (χ4v) is 3.83. The molecule has 2 aromatic heterocycles. The van der Waals surface area contributed by atoms with E-state index in [9.17, 15) is 9.90 Å². The first-order valence-electron chi connectivity index (χ1n) is 11.6. The quantitative estimate of drug-likeness (QED) is 0.518. The summed E-state index contributed by atoms with van der Waals surface area (Å²) < 4.78 is 11.1. The Labute approximate surface area is 203 Å². The lowest BCUT2D eigenvalue weighted by Gasteiger charge is -2.25. The summed E-state index contributed by atoms with van der Waals surface area (Å²) in [5, 5.41) is 14.4. The van der Waals surface area contributed by atoms with Gasteiger partial charge in [0.25, 0.3) is 0 Å². The molecule has 11 heteroatoms. The number of anilines is 1. The maximum Gasteiger partial charge on any atom is 0.236 e. The van der Waals surface area contributed by atoms with Crippen LogP contribution in [0.5, 0.6) is 11.6 Å². The maximum atomic E-state index is 12.8. The summed E-state index contributed by atoms with van der Waals surface area (Å²) in [6, 6.07) is 7.40. The second kappa shape index (κ2) is 11.6. The molecule has 1 aromatic carbocycles. The minimum atomic E-state index is -0.0351. The van der Waals surface area contributed by atoms with Gasteiger partial charge in [-0.25, -0.2) is 9.97 Å². The van der Waals surface area contributed by atoms with Gasteiger partial charge >= 0.3 is 0 Å². The fraction of sp³-hybridized carbons (Fsp3) is 0.417. The molecule has 1 aliphatic heterocycles. The Hall–Kier alpha value is -3.70. The van der Waals surface area contributed by atoms with Gasteiger partial charge in [0.15, 0.2) is 5.88 Å². The number of benzene rings is 1. The molecule has 1 aliphatic rings. The van der Waals surface area contributed by atoms with E-state index in [-0.39, 0.29) is 11.8 Å². The zero-order valence-corrected chi connectivity index (χ0v) is 20.0. The summed E-state index contributed by atoms with van der Waals surface area (Å²) >= 11 is 0. The predicted molar refractivity (Wildman–Crippen MR) is 134 cm³/mol. The number of aromatic nitrogens is 3. The largest absolute Gasteiger partial charge is 0.494 e. The van der Waals surface area contributed by atoms with Crippen molar-refractivity contribution in [2.75, 3.05) is 65.4 Å². The number of likely N-dealkylation sites (N-methyl/N-ethyl adjacent to an activating group) is 1. The van der Waals surface area contributed by atoms with Gasteiger partial charge in [-0.15, -0.1) is 0 Å². The first-order valence-corrected chi connectivity index (χ1v) is 11.6. The SMILES string of the molecule is COCCN1CCOc2cccc(c2)N=Cc2c(O)[nH]c3ncnc(c23)NCCCN(C)C(=O)C1. The number of carbonyl (C=O) groups is 1. The van der Waals surface area contributed by atoms with Crippen molar-refractivity contribution in [2.45, 2.75) is 6.42 Å². The van der Waals surface area contributed by atoms with Gasteiger partial charge in [-0.1, -0.05) is 6.07 Å². The molecule has 1 amide bonds. The zero-order valence-electron chi connectivity index (χ0n) is 20.0. The summed E-state index contributed by atoms with van der Waals surface area (Å²) in [4.78, 5) is 32.6. The number of nitrogens with one attached hydrogen (secondary N) is 2. The van der Waals surface area contributed by atoms with Crippen molar-refractivity contribution < 1.29 is 19.4 Å². The number of amides is 1. The van der Waals surface area contributed by atoms with Crippen molar-refractivity contribution >= 4 is 34.7 Å². The Balaban J connectivity index is 1.62. The normalized spacial score (nSPS) is 16.3. The van der Waals surface area contributed by atoms with Crippen LogP contribution in [-0.4, -0.2) is 102 Å². The van der Waals surface area contributed by atoms with Gasteiger partial charge in [0.05, 0.1) is 29.8 Å². The number of fused-ring (bicyclic) bond motifs is 2. The standard InChI is InChI=1S/C24H31N7O4/c1-30-8-4-7-25-22-21-19(24(33)29-23(21)28-16-27-22)14-26-17-5-3-6-18(13-17)35-12-10-31(9-11-34-2)15-20(30)32/h3,5-6,13-14,16,33H,4,7-12,15H2,1-2H3,(H2,25,27,28,29). The number of rotatable bonds is 3. The van der Waals surface area contributed by atoms with Gasteiger partial charge in [0.1, 0.15) is 30.1 Å². The molecule has 0 spiro atoms. The Morgan fingerprint density at radius 2 is 2.14 bits per heavy atom. The van der Waals surface area contributed by atoms with E-state index in [1.807, 2.05) is 36.2 Å². The molecule has 3 heterocycles. The molecule has 186 valence electrons. The van der Waals surface area contributed by atoms with Crippen molar-refractivity contribution in [3.63, 3.8) is 0 Å². The lowest BCUT2D eigenvalue weighted by molar-refractivity contribution is -0.131. The van der Waals surface area contributed by atoms with Crippen molar-refractivity contribution in [1.29, 1.82) is 0 Å². The van der Waals surface area contributed by atoms with E-state index in [1.165, 1.54) is 6.33 Å². The van der Waals surface area contributed by atoms with Crippen LogP contribution >= 0.6 is 0 Å². The average molecular weight is 482 g/mol. The smallest absolute Gasteiger partial charge is 0.236 e. The van der Waals surface area contributed by atoms with Crippen LogP contribution in [0.4, 0.5) is 11.5 Å². The summed E-state index contributed by atoms with van der Waals surface area (Å²) in [6.45, 7) is 3.65. The van der Waals surface area contributed by atoms with Gasteiger partial charge < -0.3 is 29.8 Å². The second-order valence-electron chi connectivity index (χ2n) is 8.30. The fourth-order valence-electron chi connectivity index (χ4n) is 3.83.